The molecule has 1 atom stereocenters. The number of ether oxygens (including phenoxy) is 1. The molecule has 2 fully saturated rings. The Morgan fingerprint density at radius 2 is 1.74 bits per heavy atom. The summed E-state index contributed by atoms with van der Waals surface area (Å²) in [4.78, 5) is 0. The first kappa shape index (κ1) is 12.9. The Morgan fingerprint density at radius 3 is 2.47 bits per heavy atom. The number of rotatable bonds is 1. The van der Waals surface area contributed by atoms with Gasteiger partial charge in [0.1, 0.15) is 5.82 Å². The Hall–Kier alpha value is -1.07. The van der Waals surface area contributed by atoms with E-state index in [-0.39, 0.29) is 11.2 Å². The zero-order chi connectivity index (χ0) is 13.5. The van der Waals surface area contributed by atoms with E-state index in [9.17, 15) is 13.2 Å². The molecule has 3 rings (SSSR count). The van der Waals surface area contributed by atoms with Crippen molar-refractivity contribution in [3.63, 3.8) is 0 Å². The summed E-state index contributed by atoms with van der Waals surface area (Å²) in [7, 11) is 0. The van der Waals surface area contributed by atoms with Crippen LogP contribution in [0.3, 0.4) is 0 Å². The average molecular weight is 271 g/mol. The maximum absolute atomic E-state index is 13.8. The minimum Gasteiger partial charge on any atom is -0.364 e. The van der Waals surface area contributed by atoms with Crippen LogP contribution in [0.2, 0.25) is 0 Å². The molecule has 19 heavy (non-hydrogen) atoms. The summed E-state index contributed by atoms with van der Waals surface area (Å²) >= 11 is 0. The fraction of sp³-hybridized carbons (Fsp3) is 0.571. The van der Waals surface area contributed by atoms with Gasteiger partial charge in [0.2, 0.25) is 0 Å². The van der Waals surface area contributed by atoms with Crippen molar-refractivity contribution in [2.75, 3.05) is 13.1 Å². The second kappa shape index (κ2) is 4.80. The molecular weight excluding hydrogens is 255 g/mol. The van der Waals surface area contributed by atoms with Crippen molar-refractivity contribution in [1.82, 2.24) is 5.32 Å². The van der Waals surface area contributed by atoms with Gasteiger partial charge in [0.15, 0.2) is 11.6 Å². The molecule has 1 saturated heterocycles. The Balaban J connectivity index is 1.87. The Kier molecular flexibility index (Phi) is 3.27. The van der Waals surface area contributed by atoms with E-state index in [2.05, 4.69) is 5.32 Å². The van der Waals surface area contributed by atoms with E-state index in [1.165, 1.54) is 0 Å². The lowest BCUT2D eigenvalue weighted by Gasteiger charge is -2.39. The number of morpholine rings is 1. The monoisotopic (exact) mass is 271 g/mol. The zero-order valence-corrected chi connectivity index (χ0v) is 10.5. The summed E-state index contributed by atoms with van der Waals surface area (Å²) in [6.07, 6.45) is 3.49. The minimum absolute atomic E-state index is 0.0948. The second-order valence-electron chi connectivity index (χ2n) is 5.42. The van der Waals surface area contributed by atoms with Crippen LogP contribution in [0.25, 0.3) is 0 Å². The van der Waals surface area contributed by atoms with Crippen molar-refractivity contribution in [2.45, 2.75) is 37.4 Å². The highest BCUT2D eigenvalue weighted by Gasteiger charge is 2.40. The van der Waals surface area contributed by atoms with E-state index < -0.39 is 23.6 Å². The highest BCUT2D eigenvalue weighted by Crippen LogP contribution is 2.39. The van der Waals surface area contributed by atoms with Crippen molar-refractivity contribution in [2.24, 2.45) is 0 Å². The summed E-state index contributed by atoms with van der Waals surface area (Å²) in [5.74, 6) is -2.95. The summed E-state index contributed by atoms with van der Waals surface area (Å²) in [5.41, 5.74) is -0.169. The van der Waals surface area contributed by atoms with E-state index in [1.54, 1.807) is 0 Å². The van der Waals surface area contributed by atoms with Crippen LogP contribution in [-0.2, 0) is 4.74 Å². The molecule has 0 bridgehead atoms. The fourth-order valence-corrected chi connectivity index (χ4v) is 3.09. The van der Waals surface area contributed by atoms with Gasteiger partial charge in [0.05, 0.1) is 11.7 Å². The predicted molar refractivity (Wildman–Crippen MR) is 64.2 cm³/mol. The highest BCUT2D eigenvalue weighted by atomic mass is 19.2. The Bertz CT molecular complexity index is 486. The van der Waals surface area contributed by atoms with Gasteiger partial charge in [-0.05, 0) is 18.9 Å². The summed E-state index contributed by atoms with van der Waals surface area (Å²) < 4.78 is 46.0. The van der Waals surface area contributed by atoms with Crippen molar-refractivity contribution >= 4 is 0 Å². The highest BCUT2D eigenvalue weighted by molar-refractivity contribution is 5.23. The predicted octanol–water partition coefficient (Wildman–Crippen LogP) is 3.08. The Labute approximate surface area is 109 Å². The number of hydrogen-bond acceptors (Lipinski definition) is 2. The third-order valence-corrected chi connectivity index (χ3v) is 4.07. The molecule has 1 saturated carbocycles. The van der Waals surface area contributed by atoms with Crippen LogP contribution in [0.1, 0.15) is 37.4 Å². The molecule has 0 amide bonds. The van der Waals surface area contributed by atoms with Gasteiger partial charge in [0, 0.05) is 24.7 Å². The van der Waals surface area contributed by atoms with Crippen molar-refractivity contribution in [3.8, 4) is 0 Å². The van der Waals surface area contributed by atoms with Crippen LogP contribution in [-0.4, -0.2) is 18.7 Å². The van der Waals surface area contributed by atoms with E-state index in [0.717, 1.165) is 38.3 Å². The maximum atomic E-state index is 13.8. The molecule has 1 aromatic carbocycles. The van der Waals surface area contributed by atoms with Gasteiger partial charge in [-0.1, -0.05) is 12.8 Å². The number of nitrogens with one attached hydrogen (secondary N) is 1. The van der Waals surface area contributed by atoms with Crippen LogP contribution in [0.15, 0.2) is 12.1 Å². The lowest BCUT2D eigenvalue weighted by molar-refractivity contribution is -0.115. The molecule has 2 nitrogen and oxygen atoms in total. The topological polar surface area (TPSA) is 21.3 Å². The largest absolute Gasteiger partial charge is 0.364 e. The zero-order valence-electron chi connectivity index (χ0n) is 10.5. The minimum atomic E-state index is -1.17. The SMILES string of the molecule is Fc1cc(F)c(C2CNCC3(CCCC3)O2)cc1F. The van der Waals surface area contributed by atoms with Crippen LogP contribution in [0, 0.1) is 17.5 Å². The van der Waals surface area contributed by atoms with Crippen LogP contribution < -0.4 is 5.32 Å². The molecule has 1 spiro atoms. The quantitative estimate of drug-likeness (QED) is 0.793. The molecular formula is C14H16F3NO. The fourth-order valence-electron chi connectivity index (χ4n) is 3.09. The average Bonchev–Trinajstić information content (AvgIpc) is 2.82. The molecule has 1 unspecified atom stereocenters. The first-order valence-corrected chi connectivity index (χ1v) is 6.63. The van der Waals surface area contributed by atoms with Crippen molar-refractivity contribution in [1.29, 1.82) is 0 Å². The molecule has 0 aromatic heterocycles. The summed E-state index contributed by atoms with van der Waals surface area (Å²) in [6, 6.07) is 1.49. The van der Waals surface area contributed by atoms with Gasteiger partial charge in [-0.15, -0.1) is 0 Å². The van der Waals surface area contributed by atoms with Crippen LogP contribution >= 0.6 is 0 Å². The van der Waals surface area contributed by atoms with Gasteiger partial charge in [-0.2, -0.15) is 0 Å². The van der Waals surface area contributed by atoms with Crippen LogP contribution in [0.4, 0.5) is 13.2 Å². The Morgan fingerprint density at radius 1 is 1.05 bits per heavy atom. The molecule has 2 aliphatic rings. The van der Waals surface area contributed by atoms with E-state index in [1.807, 2.05) is 0 Å². The van der Waals surface area contributed by atoms with Gasteiger partial charge in [-0.3, -0.25) is 0 Å². The summed E-state index contributed by atoms with van der Waals surface area (Å²) in [6.45, 7) is 1.17. The van der Waals surface area contributed by atoms with Crippen molar-refractivity contribution in [3.05, 3.63) is 35.1 Å². The first-order valence-electron chi connectivity index (χ1n) is 6.63. The molecule has 1 heterocycles. The maximum Gasteiger partial charge on any atom is 0.161 e. The summed E-state index contributed by atoms with van der Waals surface area (Å²) in [5, 5.41) is 3.22. The molecule has 1 aliphatic heterocycles. The smallest absolute Gasteiger partial charge is 0.161 e. The molecule has 1 N–H and O–H groups in total. The van der Waals surface area contributed by atoms with E-state index in [4.69, 9.17) is 4.74 Å². The first-order chi connectivity index (χ1) is 9.10. The van der Waals surface area contributed by atoms with Gasteiger partial charge in [0.25, 0.3) is 0 Å². The normalized spacial score (nSPS) is 25.9. The molecule has 104 valence electrons. The third-order valence-electron chi connectivity index (χ3n) is 4.07. The standard InChI is InChI=1S/C14H16F3NO/c15-10-6-12(17)11(16)5-9(10)13-7-18-8-14(19-13)3-1-2-4-14/h5-6,13,18H,1-4,7-8H2. The van der Waals surface area contributed by atoms with Gasteiger partial charge < -0.3 is 10.1 Å². The molecule has 0 radical (unpaired) electrons. The molecule has 5 heteroatoms. The lowest BCUT2D eigenvalue weighted by Crippen LogP contribution is -2.49. The third kappa shape index (κ3) is 2.37. The number of hydrogen-bond donors (Lipinski definition) is 1. The molecule has 1 aromatic rings. The second-order valence-corrected chi connectivity index (χ2v) is 5.42. The van der Waals surface area contributed by atoms with Crippen LogP contribution in [0.5, 0.6) is 0 Å². The van der Waals surface area contributed by atoms with E-state index in [0.29, 0.717) is 12.6 Å². The number of benzene rings is 1. The van der Waals surface area contributed by atoms with Crippen molar-refractivity contribution < 1.29 is 17.9 Å². The van der Waals surface area contributed by atoms with E-state index >= 15 is 0 Å². The number of halogens is 3. The van der Waals surface area contributed by atoms with Gasteiger partial charge in [-0.25, -0.2) is 13.2 Å². The van der Waals surface area contributed by atoms with Gasteiger partial charge >= 0.3 is 0 Å². The molecule has 1 aliphatic carbocycles. The lowest BCUT2D eigenvalue weighted by atomic mass is 9.97.